The van der Waals surface area contributed by atoms with Crippen molar-refractivity contribution in [3.05, 3.63) is 28.8 Å². The first-order valence-electron chi connectivity index (χ1n) is 12.6. The van der Waals surface area contributed by atoms with Crippen molar-refractivity contribution >= 4 is 11.8 Å². The molecule has 3 aliphatic rings. The number of aromatic nitrogens is 2. The van der Waals surface area contributed by atoms with Gasteiger partial charge in [-0.1, -0.05) is 6.92 Å². The lowest BCUT2D eigenvalue weighted by Gasteiger charge is -2.31. The van der Waals surface area contributed by atoms with E-state index in [0.29, 0.717) is 26.2 Å². The van der Waals surface area contributed by atoms with E-state index in [9.17, 15) is 22.8 Å². The van der Waals surface area contributed by atoms with Gasteiger partial charge in [0.2, 0.25) is 11.7 Å². The van der Waals surface area contributed by atoms with Crippen LogP contribution in [0.1, 0.15) is 72.9 Å². The smallest absolute Gasteiger partial charge is 0.420 e. The minimum absolute atomic E-state index is 0.0552. The van der Waals surface area contributed by atoms with Crippen LogP contribution in [0.3, 0.4) is 0 Å². The summed E-state index contributed by atoms with van der Waals surface area (Å²) in [4.78, 5) is 26.2. The zero-order valence-electron chi connectivity index (χ0n) is 20.5. The summed E-state index contributed by atoms with van der Waals surface area (Å²) in [7, 11) is 0. The van der Waals surface area contributed by atoms with Crippen LogP contribution in [0.5, 0.6) is 0 Å². The standard InChI is InChI=1S/C25H31F3N4O4/c1-14-10-19-20(21(25(26,27)28)23(36-19)24(34)29-11-17-4-3-9-35-17)22-18(14)13-32(30-22)12-16-5-7-31(8-6-16)15(2)33/h13-14,16-17H,3-12H2,1-2H3,(H,29,34)/t14-,17-/m0/s1. The average Bonchev–Trinajstić information content (AvgIpc) is 3.55. The van der Waals surface area contributed by atoms with Gasteiger partial charge in [0, 0.05) is 57.9 Å². The van der Waals surface area contributed by atoms with Gasteiger partial charge in [-0.2, -0.15) is 18.3 Å². The van der Waals surface area contributed by atoms with Crippen molar-refractivity contribution in [3.63, 3.8) is 0 Å². The number of amides is 2. The zero-order valence-corrected chi connectivity index (χ0v) is 20.5. The number of piperidine rings is 1. The van der Waals surface area contributed by atoms with Gasteiger partial charge in [-0.25, -0.2) is 0 Å². The third-order valence-electron chi connectivity index (χ3n) is 7.54. The van der Waals surface area contributed by atoms with E-state index in [0.717, 1.165) is 31.2 Å². The average molecular weight is 509 g/mol. The molecule has 2 aromatic rings. The number of fused-ring (bicyclic) bond motifs is 3. The predicted molar refractivity (Wildman–Crippen MR) is 123 cm³/mol. The van der Waals surface area contributed by atoms with Gasteiger partial charge in [0.1, 0.15) is 11.3 Å². The summed E-state index contributed by atoms with van der Waals surface area (Å²) in [6.45, 7) is 6.11. The van der Waals surface area contributed by atoms with E-state index in [4.69, 9.17) is 9.15 Å². The fourth-order valence-corrected chi connectivity index (χ4v) is 5.56. The molecule has 2 saturated heterocycles. The van der Waals surface area contributed by atoms with Crippen molar-refractivity contribution in [1.82, 2.24) is 20.0 Å². The summed E-state index contributed by atoms with van der Waals surface area (Å²) >= 11 is 0. The Kier molecular flexibility index (Phi) is 6.61. The van der Waals surface area contributed by atoms with Gasteiger partial charge in [-0.15, -0.1) is 0 Å². The molecule has 0 bridgehead atoms. The third kappa shape index (κ3) is 4.77. The van der Waals surface area contributed by atoms with Crippen LogP contribution < -0.4 is 5.32 Å². The van der Waals surface area contributed by atoms with E-state index < -0.39 is 23.4 Å². The van der Waals surface area contributed by atoms with E-state index in [-0.39, 0.29) is 53.8 Å². The maximum absolute atomic E-state index is 14.3. The van der Waals surface area contributed by atoms with E-state index in [2.05, 4.69) is 10.4 Å². The molecule has 2 amide bonds. The Morgan fingerprint density at radius 3 is 2.61 bits per heavy atom. The first-order valence-corrected chi connectivity index (χ1v) is 12.6. The number of halogens is 3. The molecule has 2 aromatic heterocycles. The first kappa shape index (κ1) is 24.9. The number of nitrogens with one attached hydrogen (secondary N) is 1. The van der Waals surface area contributed by atoms with Gasteiger partial charge in [-0.05, 0) is 37.5 Å². The van der Waals surface area contributed by atoms with Crippen LogP contribution in [0.25, 0.3) is 11.3 Å². The van der Waals surface area contributed by atoms with Crippen molar-refractivity contribution in [3.8, 4) is 11.3 Å². The Morgan fingerprint density at radius 1 is 1.22 bits per heavy atom. The van der Waals surface area contributed by atoms with Crippen LogP contribution in [0.4, 0.5) is 13.2 Å². The third-order valence-corrected chi connectivity index (χ3v) is 7.54. The van der Waals surface area contributed by atoms with Crippen molar-refractivity contribution in [2.45, 2.75) is 70.7 Å². The van der Waals surface area contributed by atoms with Crippen LogP contribution in [0, 0.1) is 5.92 Å². The largest absolute Gasteiger partial charge is 0.455 e. The number of rotatable bonds is 5. The summed E-state index contributed by atoms with van der Waals surface area (Å²) in [5.74, 6) is -1.22. The molecule has 1 aliphatic carbocycles. The lowest BCUT2D eigenvalue weighted by molar-refractivity contribution is -0.138. The molecule has 36 heavy (non-hydrogen) atoms. The predicted octanol–water partition coefficient (Wildman–Crippen LogP) is 3.99. The number of alkyl halides is 3. The highest BCUT2D eigenvalue weighted by Crippen LogP contribution is 2.48. The normalized spacial score (nSPS) is 22.4. The van der Waals surface area contributed by atoms with Crippen LogP contribution in [-0.2, 0) is 28.7 Å². The highest BCUT2D eigenvalue weighted by atomic mass is 19.4. The van der Waals surface area contributed by atoms with Crippen LogP contribution in [0.2, 0.25) is 0 Å². The van der Waals surface area contributed by atoms with Gasteiger partial charge in [0.15, 0.2) is 0 Å². The molecular weight excluding hydrogens is 477 g/mol. The Balaban J connectivity index is 1.42. The van der Waals surface area contributed by atoms with Crippen molar-refractivity contribution in [1.29, 1.82) is 0 Å². The molecule has 0 spiro atoms. The van der Waals surface area contributed by atoms with Gasteiger partial charge in [0.05, 0.1) is 17.4 Å². The molecule has 2 fully saturated rings. The highest BCUT2D eigenvalue weighted by molar-refractivity contribution is 5.96. The molecular formula is C25H31F3N4O4. The summed E-state index contributed by atoms with van der Waals surface area (Å²) in [6.07, 6.45) is 0.360. The molecule has 4 heterocycles. The van der Waals surface area contributed by atoms with Crippen molar-refractivity contribution < 1.29 is 31.9 Å². The molecule has 5 rings (SSSR count). The Labute approximate surface area is 207 Å². The maximum atomic E-state index is 14.3. The number of nitrogens with zero attached hydrogens (tertiary/aromatic N) is 3. The Bertz CT molecular complexity index is 1140. The maximum Gasteiger partial charge on any atom is 0.420 e. The van der Waals surface area contributed by atoms with Gasteiger partial charge < -0.3 is 19.4 Å². The van der Waals surface area contributed by atoms with Gasteiger partial charge in [-0.3, -0.25) is 14.3 Å². The first-order chi connectivity index (χ1) is 17.1. The SMILES string of the molecule is CC(=O)N1CCC(Cn2cc3c(n2)-c2c(oc(C(=O)NC[C@@H]4CCCO4)c2C(F)(F)F)C[C@@H]3C)CC1. The topological polar surface area (TPSA) is 89.6 Å². The molecule has 0 aromatic carbocycles. The highest BCUT2D eigenvalue weighted by Gasteiger charge is 2.46. The zero-order chi connectivity index (χ0) is 25.6. The summed E-state index contributed by atoms with van der Waals surface area (Å²) in [5.41, 5.74) is -0.223. The van der Waals surface area contributed by atoms with Crippen LogP contribution >= 0.6 is 0 Å². The number of carbonyl (C=O) groups is 2. The van der Waals surface area contributed by atoms with Crippen molar-refractivity contribution in [2.75, 3.05) is 26.2 Å². The van der Waals surface area contributed by atoms with Gasteiger partial charge in [0.25, 0.3) is 5.91 Å². The van der Waals surface area contributed by atoms with E-state index in [1.54, 1.807) is 11.6 Å². The molecule has 0 saturated carbocycles. The quantitative estimate of drug-likeness (QED) is 0.660. The van der Waals surface area contributed by atoms with Crippen LogP contribution in [-0.4, -0.2) is 58.8 Å². The number of hydrogen-bond donors (Lipinski definition) is 1. The fraction of sp³-hybridized carbons (Fsp3) is 0.640. The van der Waals surface area contributed by atoms with Crippen molar-refractivity contribution in [2.24, 2.45) is 5.92 Å². The summed E-state index contributed by atoms with van der Waals surface area (Å²) in [5, 5.41) is 7.13. The second-order valence-corrected chi connectivity index (χ2v) is 10.2. The lowest BCUT2D eigenvalue weighted by Crippen LogP contribution is -2.38. The van der Waals surface area contributed by atoms with E-state index in [1.165, 1.54) is 0 Å². The fourth-order valence-electron chi connectivity index (χ4n) is 5.56. The number of carbonyl (C=O) groups excluding carboxylic acids is 2. The molecule has 0 radical (unpaired) electrons. The van der Waals surface area contributed by atoms with E-state index >= 15 is 0 Å². The van der Waals surface area contributed by atoms with E-state index in [1.807, 2.05) is 18.0 Å². The van der Waals surface area contributed by atoms with Crippen LogP contribution in [0.15, 0.2) is 10.6 Å². The summed E-state index contributed by atoms with van der Waals surface area (Å²) in [6, 6.07) is 0. The molecule has 11 heteroatoms. The number of furan rings is 1. The Hall–Kier alpha value is -2.82. The Morgan fingerprint density at radius 2 is 1.97 bits per heavy atom. The number of hydrogen-bond acceptors (Lipinski definition) is 5. The minimum atomic E-state index is -4.78. The molecule has 0 unspecified atom stereocenters. The molecule has 8 nitrogen and oxygen atoms in total. The van der Waals surface area contributed by atoms with Gasteiger partial charge >= 0.3 is 6.18 Å². The lowest BCUT2D eigenvalue weighted by atomic mass is 9.86. The molecule has 1 N–H and O–H groups in total. The summed E-state index contributed by atoms with van der Waals surface area (Å²) < 4.78 is 55.7. The molecule has 2 atom stereocenters. The second kappa shape index (κ2) is 9.57. The minimum Gasteiger partial charge on any atom is -0.455 e. The monoisotopic (exact) mass is 508 g/mol. The number of ether oxygens (including phenoxy) is 1. The molecule has 196 valence electrons. The second-order valence-electron chi connectivity index (χ2n) is 10.2. The molecule has 2 aliphatic heterocycles. The number of likely N-dealkylation sites (tertiary alicyclic amines) is 1.